The Morgan fingerprint density at radius 1 is 1.44 bits per heavy atom. The molecule has 1 aliphatic rings. The van der Waals surface area contributed by atoms with Crippen LogP contribution < -0.4 is 10.1 Å². The van der Waals surface area contributed by atoms with Gasteiger partial charge in [-0.1, -0.05) is 0 Å². The molecule has 1 fully saturated rings. The maximum Gasteiger partial charge on any atom is 0.237 e. The number of ether oxygens (including phenoxy) is 1. The summed E-state index contributed by atoms with van der Waals surface area (Å²) in [4.78, 5) is 6.65. The third-order valence-corrected chi connectivity index (χ3v) is 3.47. The van der Waals surface area contributed by atoms with Gasteiger partial charge in [0.15, 0.2) is 0 Å². The molecule has 0 unspecified atom stereocenters. The molecule has 0 saturated carbocycles. The van der Waals surface area contributed by atoms with E-state index in [4.69, 9.17) is 4.74 Å². The number of likely N-dealkylation sites (tertiary alicyclic amines) is 1. The lowest BCUT2D eigenvalue weighted by molar-refractivity contribution is 0.226. The van der Waals surface area contributed by atoms with Crippen LogP contribution in [0.2, 0.25) is 0 Å². The highest BCUT2D eigenvalue weighted by Crippen LogP contribution is 2.22. The maximum absolute atomic E-state index is 5.51. The van der Waals surface area contributed by atoms with Crippen molar-refractivity contribution in [3.05, 3.63) is 18.3 Å². The minimum Gasteiger partial charge on any atom is -0.476 e. The van der Waals surface area contributed by atoms with Crippen LogP contribution in [0.1, 0.15) is 19.8 Å². The van der Waals surface area contributed by atoms with Gasteiger partial charge in [0, 0.05) is 12.7 Å². The van der Waals surface area contributed by atoms with E-state index in [0.717, 1.165) is 18.2 Å². The van der Waals surface area contributed by atoms with Gasteiger partial charge in [-0.25, -0.2) is 4.98 Å². The summed E-state index contributed by atoms with van der Waals surface area (Å²) >= 11 is 0. The van der Waals surface area contributed by atoms with E-state index in [2.05, 4.69) is 22.2 Å². The van der Waals surface area contributed by atoms with Crippen molar-refractivity contribution in [3.63, 3.8) is 0 Å². The molecule has 2 heterocycles. The van der Waals surface area contributed by atoms with Gasteiger partial charge in [0.25, 0.3) is 0 Å². The Hall–Kier alpha value is -1.29. The lowest BCUT2D eigenvalue weighted by Crippen LogP contribution is -2.33. The van der Waals surface area contributed by atoms with Crippen LogP contribution in [0.5, 0.6) is 5.88 Å². The van der Waals surface area contributed by atoms with Gasteiger partial charge in [0.2, 0.25) is 5.88 Å². The van der Waals surface area contributed by atoms with Crippen LogP contribution >= 0.6 is 0 Å². The van der Waals surface area contributed by atoms with E-state index in [1.54, 1.807) is 6.20 Å². The van der Waals surface area contributed by atoms with Crippen LogP contribution in [0.3, 0.4) is 0 Å². The lowest BCUT2D eigenvalue weighted by atomic mass is 9.97. The number of anilines is 1. The number of piperidine rings is 1. The Labute approximate surface area is 109 Å². The second-order valence-corrected chi connectivity index (χ2v) is 4.92. The van der Waals surface area contributed by atoms with Crippen molar-refractivity contribution in [2.45, 2.75) is 19.8 Å². The van der Waals surface area contributed by atoms with Crippen molar-refractivity contribution < 1.29 is 4.74 Å². The van der Waals surface area contributed by atoms with Crippen LogP contribution in [-0.4, -0.2) is 43.2 Å². The molecule has 0 spiro atoms. The second kappa shape index (κ2) is 6.59. The molecule has 4 heteroatoms. The fourth-order valence-corrected chi connectivity index (χ4v) is 2.30. The van der Waals surface area contributed by atoms with Gasteiger partial charge < -0.3 is 15.0 Å². The number of aromatic nitrogens is 1. The Bertz CT molecular complexity index is 362. The van der Waals surface area contributed by atoms with Crippen molar-refractivity contribution in [1.29, 1.82) is 0 Å². The molecule has 1 aromatic rings. The lowest BCUT2D eigenvalue weighted by Gasteiger charge is -2.29. The minimum atomic E-state index is 0.653. The number of nitrogens with one attached hydrogen (secondary N) is 1. The summed E-state index contributed by atoms with van der Waals surface area (Å²) in [5.41, 5.74) is 1.01. The second-order valence-electron chi connectivity index (χ2n) is 4.92. The molecule has 0 bridgehead atoms. The Morgan fingerprint density at radius 2 is 2.22 bits per heavy atom. The van der Waals surface area contributed by atoms with Crippen molar-refractivity contribution in [3.8, 4) is 5.88 Å². The molecular formula is C14H23N3O. The molecule has 0 atom stereocenters. The predicted octanol–water partition coefficient (Wildman–Crippen LogP) is 2.23. The van der Waals surface area contributed by atoms with E-state index < -0.39 is 0 Å². The molecule has 1 aliphatic heterocycles. The Morgan fingerprint density at radius 3 is 2.94 bits per heavy atom. The van der Waals surface area contributed by atoms with Crippen LogP contribution in [0.15, 0.2) is 18.3 Å². The summed E-state index contributed by atoms with van der Waals surface area (Å²) in [5.74, 6) is 1.48. The average molecular weight is 249 g/mol. The van der Waals surface area contributed by atoms with E-state index in [-0.39, 0.29) is 0 Å². The SMILES string of the molecule is CCOc1ncccc1NCC1CCN(C)CC1. The smallest absolute Gasteiger partial charge is 0.237 e. The van der Waals surface area contributed by atoms with Gasteiger partial charge in [-0.15, -0.1) is 0 Å². The molecule has 0 aromatic carbocycles. The molecule has 2 rings (SSSR count). The highest BCUT2D eigenvalue weighted by Gasteiger charge is 2.16. The molecule has 1 saturated heterocycles. The van der Waals surface area contributed by atoms with Gasteiger partial charge in [-0.2, -0.15) is 0 Å². The number of rotatable bonds is 5. The number of nitrogens with zero attached hydrogens (tertiary/aromatic N) is 2. The summed E-state index contributed by atoms with van der Waals surface area (Å²) in [6, 6.07) is 3.98. The Balaban J connectivity index is 1.86. The topological polar surface area (TPSA) is 37.4 Å². The summed E-state index contributed by atoms with van der Waals surface area (Å²) in [6.45, 7) is 6.06. The Kier molecular flexibility index (Phi) is 4.81. The molecular weight excluding hydrogens is 226 g/mol. The first-order valence-electron chi connectivity index (χ1n) is 6.80. The summed E-state index contributed by atoms with van der Waals surface area (Å²) in [6.07, 6.45) is 4.31. The molecule has 0 radical (unpaired) electrons. The molecule has 0 aliphatic carbocycles. The van der Waals surface area contributed by atoms with Crippen molar-refractivity contribution in [2.75, 3.05) is 38.6 Å². The van der Waals surface area contributed by atoms with E-state index >= 15 is 0 Å². The van der Waals surface area contributed by atoms with Crippen molar-refractivity contribution in [1.82, 2.24) is 9.88 Å². The highest BCUT2D eigenvalue weighted by atomic mass is 16.5. The first kappa shape index (κ1) is 13.1. The van der Waals surface area contributed by atoms with Crippen molar-refractivity contribution in [2.24, 2.45) is 5.92 Å². The molecule has 18 heavy (non-hydrogen) atoms. The number of pyridine rings is 1. The first-order valence-corrected chi connectivity index (χ1v) is 6.80. The predicted molar refractivity (Wildman–Crippen MR) is 74.1 cm³/mol. The van der Waals surface area contributed by atoms with Gasteiger partial charge in [0.05, 0.1) is 12.3 Å². The van der Waals surface area contributed by atoms with Gasteiger partial charge in [0.1, 0.15) is 0 Å². The monoisotopic (exact) mass is 249 g/mol. The van der Waals surface area contributed by atoms with Crippen LogP contribution in [-0.2, 0) is 0 Å². The number of hydrogen-bond acceptors (Lipinski definition) is 4. The highest BCUT2D eigenvalue weighted by molar-refractivity contribution is 5.51. The largest absolute Gasteiger partial charge is 0.476 e. The van der Waals surface area contributed by atoms with Crippen LogP contribution in [0, 0.1) is 5.92 Å². The summed E-state index contributed by atoms with van der Waals surface area (Å²) < 4.78 is 5.51. The van der Waals surface area contributed by atoms with Crippen LogP contribution in [0.4, 0.5) is 5.69 Å². The maximum atomic E-state index is 5.51. The normalized spacial score (nSPS) is 17.7. The minimum absolute atomic E-state index is 0.653. The fraction of sp³-hybridized carbons (Fsp3) is 0.643. The third kappa shape index (κ3) is 3.60. The molecule has 1 aromatic heterocycles. The summed E-state index contributed by atoms with van der Waals surface area (Å²) in [7, 11) is 2.19. The summed E-state index contributed by atoms with van der Waals surface area (Å²) in [5, 5.41) is 3.48. The zero-order valence-corrected chi connectivity index (χ0v) is 11.4. The van der Waals surface area contributed by atoms with Crippen LogP contribution in [0.25, 0.3) is 0 Å². The molecule has 0 amide bonds. The van der Waals surface area contributed by atoms with Gasteiger partial charge in [-0.05, 0) is 58.0 Å². The van der Waals surface area contributed by atoms with E-state index in [9.17, 15) is 0 Å². The first-order chi connectivity index (χ1) is 8.79. The third-order valence-electron chi connectivity index (χ3n) is 3.47. The van der Waals surface area contributed by atoms with E-state index in [1.165, 1.54) is 25.9 Å². The zero-order chi connectivity index (χ0) is 12.8. The van der Waals surface area contributed by atoms with E-state index in [1.807, 2.05) is 19.1 Å². The quantitative estimate of drug-likeness (QED) is 0.868. The number of hydrogen-bond donors (Lipinski definition) is 1. The molecule has 100 valence electrons. The fourth-order valence-electron chi connectivity index (χ4n) is 2.30. The molecule has 4 nitrogen and oxygen atoms in total. The molecule has 1 N–H and O–H groups in total. The van der Waals surface area contributed by atoms with Crippen molar-refractivity contribution >= 4 is 5.69 Å². The zero-order valence-electron chi connectivity index (χ0n) is 11.4. The van der Waals surface area contributed by atoms with Gasteiger partial charge >= 0.3 is 0 Å². The standard InChI is InChI=1S/C14H23N3O/c1-3-18-14-13(5-4-8-15-14)16-11-12-6-9-17(2)10-7-12/h4-5,8,12,16H,3,6-7,9-11H2,1-2H3. The average Bonchev–Trinajstić information content (AvgIpc) is 2.40. The van der Waals surface area contributed by atoms with Gasteiger partial charge in [-0.3, -0.25) is 0 Å². The van der Waals surface area contributed by atoms with E-state index in [0.29, 0.717) is 12.5 Å².